The lowest BCUT2D eigenvalue weighted by atomic mass is 10.1. The second-order valence-electron chi connectivity index (χ2n) is 4.88. The summed E-state index contributed by atoms with van der Waals surface area (Å²) in [5.41, 5.74) is 1.05. The monoisotopic (exact) mass is 277 g/mol. The molecule has 0 spiro atoms. The highest BCUT2D eigenvalue weighted by molar-refractivity contribution is 7.21. The molecule has 19 heavy (non-hydrogen) atoms. The van der Waals surface area contributed by atoms with Gasteiger partial charge in [-0.05, 0) is 36.3 Å². The normalized spacial score (nSPS) is 12.6. The zero-order chi connectivity index (χ0) is 13.8. The first-order valence-electron chi connectivity index (χ1n) is 6.50. The van der Waals surface area contributed by atoms with Gasteiger partial charge in [0.25, 0.3) is 5.91 Å². The minimum absolute atomic E-state index is 0.0107. The fourth-order valence-electron chi connectivity index (χ4n) is 2.06. The average Bonchev–Trinajstić information content (AvgIpc) is 2.74. The third-order valence-corrected chi connectivity index (χ3v) is 4.55. The molecule has 1 aromatic carbocycles. The van der Waals surface area contributed by atoms with Crippen LogP contribution in [0.25, 0.3) is 10.1 Å². The van der Waals surface area contributed by atoms with Crippen LogP contribution in [0.1, 0.15) is 28.6 Å². The number of nitrogens with one attached hydrogen (secondary N) is 1. The number of benzene rings is 1. The number of aryl methyl sites for hydroxylation is 1. The summed E-state index contributed by atoms with van der Waals surface area (Å²) in [6.07, 6.45) is 0.714. The first kappa shape index (κ1) is 14.0. The number of carbonyl (C=O) groups excluding carboxylic acids is 1. The molecule has 1 unspecified atom stereocenters. The lowest BCUT2D eigenvalue weighted by Crippen LogP contribution is -2.28. The minimum atomic E-state index is -0.0107. The topological polar surface area (TPSA) is 49.3 Å². The quantitative estimate of drug-likeness (QED) is 0.882. The van der Waals surface area contributed by atoms with Crippen LogP contribution in [-0.2, 0) is 0 Å². The molecule has 0 saturated carbocycles. The summed E-state index contributed by atoms with van der Waals surface area (Å²) < 4.78 is 1.15. The Bertz CT molecular complexity index is 577. The number of rotatable bonds is 5. The Morgan fingerprint density at radius 3 is 2.84 bits per heavy atom. The Morgan fingerprint density at radius 1 is 1.42 bits per heavy atom. The third kappa shape index (κ3) is 3.14. The van der Waals surface area contributed by atoms with E-state index in [-0.39, 0.29) is 12.5 Å². The van der Waals surface area contributed by atoms with Crippen LogP contribution in [0.5, 0.6) is 0 Å². The molecular formula is C15H19NO2S. The fourth-order valence-corrected chi connectivity index (χ4v) is 3.19. The highest BCUT2D eigenvalue weighted by atomic mass is 32.1. The lowest BCUT2D eigenvalue weighted by molar-refractivity contribution is 0.0949. The highest BCUT2D eigenvalue weighted by Gasteiger charge is 2.15. The van der Waals surface area contributed by atoms with Gasteiger partial charge in [0.1, 0.15) is 0 Å². The molecule has 4 heteroatoms. The predicted molar refractivity (Wildman–Crippen MR) is 79.8 cm³/mol. The number of fused-ring (bicyclic) bond motifs is 1. The van der Waals surface area contributed by atoms with Gasteiger partial charge < -0.3 is 10.4 Å². The standard InChI is InChI=1S/C15H19NO2S/c1-10(7-8-17)9-16-15(18)14-11(2)12-5-3-4-6-13(12)19-14/h3-6,10,17H,7-9H2,1-2H3,(H,16,18). The Labute approximate surface area is 117 Å². The van der Waals surface area contributed by atoms with Crippen LogP contribution in [-0.4, -0.2) is 24.2 Å². The fraction of sp³-hybridized carbons (Fsp3) is 0.400. The summed E-state index contributed by atoms with van der Waals surface area (Å²) in [6, 6.07) is 8.07. The van der Waals surface area contributed by atoms with E-state index in [0.29, 0.717) is 18.9 Å². The van der Waals surface area contributed by atoms with Crippen LogP contribution >= 0.6 is 11.3 Å². The van der Waals surface area contributed by atoms with Crippen molar-refractivity contribution in [1.82, 2.24) is 5.32 Å². The van der Waals surface area contributed by atoms with Crippen LogP contribution < -0.4 is 5.32 Å². The van der Waals surface area contributed by atoms with Gasteiger partial charge in [0.15, 0.2) is 0 Å². The number of thiophene rings is 1. The number of aliphatic hydroxyl groups excluding tert-OH is 1. The van der Waals surface area contributed by atoms with Crippen molar-refractivity contribution in [2.24, 2.45) is 5.92 Å². The summed E-state index contributed by atoms with van der Waals surface area (Å²) in [4.78, 5) is 13.0. The van der Waals surface area contributed by atoms with Gasteiger partial charge in [-0.3, -0.25) is 4.79 Å². The van der Waals surface area contributed by atoms with Crippen LogP contribution in [0.2, 0.25) is 0 Å². The van der Waals surface area contributed by atoms with Crippen LogP contribution in [0.15, 0.2) is 24.3 Å². The van der Waals surface area contributed by atoms with E-state index in [0.717, 1.165) is 20.5 Å². The van der Waals surface area contributed by atoms with Gasteiger partial charge in [0, 0.05) is 17.9 Å². The van der Waals surface area contributed by atoms with E-state index in [1.165, 1.54) is 11.3 Å². The zero-order valence-electron chi connectivity index (χ0n) is 11.3. The molecular weight excluding hydrogens is 258 g/mol. The van der Waals surface area contributed by atoms with E-state index in [1.807, 2.05) is 38.1 Å². The summed E-state index contributed by atoms with van der Waals surface area (Å²) in [5, 5.41) is 12.9. The van der Waals surface area contributed by atoms with Crippen molar-refractivity contribution >= 4 is 27.3 Å². The molecule has 0 aliphatic rings. The summed E-state index contributed by atoms with van der Waals surface area (Å²) in [5.74, 6) is 0.284. The summed E-state index contributed by atoms with van der Waals surface area (Å²) >= 11 is 1.54. The Hall–Kier alpha value is -1.39. The molecule has 0 aliphatic heterocycles. The molecule has 3 nitrogen and oxygen atoms in total. The number of hydrogen-bond acceptors (Lipinski definition) is 3. The zero-order valence-corrected chi connectivity index (χ0v) is 12.1. The van der Waals surface area contributed by atoms with Gasteiger partial charge in [-0.15, -0.1) is 11.3 Å². The molecule has 0 radical (unpaired) electrons. The van der Waals surface area contributed by atoms with E-state index < -0.39 is 0 Å². The minimum Gasteiger partial charge on any atom is -0.396 e. The summed E-state index contributed by atoms with van der Waals surface area (Å²) in [7, 11) is 0. The lowest BCUT2D eigenvalue weighted by Gasteiger charge is -2.10. The molecule has 2 rings (SSSR count). The maximum absolute atomic E-state index is 12.2. The molecule has 2 N–H and O–H groups in total. The Balaban J connectivity index is 2.11. The molecule has 102 valence electrons. The smallest absolute Gasteiger partial charge is 0.261 e. The SMILES string of the molecule is Cc1c(C(=O)NCC(C)CCO)sc2ccccc12. The van der Waals surface area contributed by atoms with Crippen molar-refractivity contribution in [2.75, 3.05) is 13.2 Å². The van der Waals surface area contributed by atoms with Crippen molar-refractivity contribution < 1.29 is 9.90 Å². The van der Waals surface area contributed by atoms with E-state index in [9.17, 15) is 4.79 Å². The molecule has 0 fully saturated rings. The predicted octanol–water partition coefficient (Wildman–Crippen LogP) is 2.96. The maximum atomic E-state index is 12.2. The molecule has 2 aromatic rings. The molecule has 0 bridgehead atoms. The molecule has 1 aromatic heterocycles. The van der Waals surface area contributed by atoms with Gasteiger partial charge in [0.05, 0.1) is 4.88 Å². The average molecular weight is 277 g/mol. The van der Waals surface area contributed by atoms with Crippen LogP contribution in [0.3, 0.4) is 0 Å². The second kappa shape index (κ2) is 6.17. The number of aliphatic hydroxyl groups is 1. The Kier molecular flexibility index (Phi) is 4.56. The van der Waals surface area contributed by atoms with Crippen molar-refractivity contribution in [3.63, 3.8) is 0 Å². The molecule has 0 saturated heterocycles. The largest absolute Gasteiger partial charge is 0.396 e. The molecule has 1 heterocycles. The first-order chi connectivity index (χ1) is 9.13. The van der Waals surface area contributed by atoms with Crippen molar-refractivity contribution in [3.8, 4) is 0 Å². The molecule has 1 atom stereocenters. The van der Waals surface area contributed by atoms with E-state index in [4.69, 9.17) is 5.11 Å². The molecule has 1 amide bonds. The van der Waals surface area contributed by atoms with Gasteiger partial charge in [-0.25, -0.2) is 0 Å². The summed E-state index contributed by atoms with van der Waals surface area (Å²) in [6.45, 7) is 4.78. The number of amides is 1. The van der Waals surface area contributed by atoms with Crippen molar-refractivity contribution in [2.45, 2.75) is 20.3 Å². The third-order valence-electron chi connectivity index (χ3n) is 3.28. The van der Waals surface area contributed by atoms with Gasteiger partial charge in [-0.1, -0.05) is 25.1 Å². The van der Waals surface area contributed by atoms with E-state index in [1.54, 1.807) is 0 Å². The molecule has 0 aliphatic carbocycles. The Morgan fingerprint density at radius 2 is 2.16 bits per heavy atom. The van der Waals surface area contributed by atoms with E-state index >= 15 is 0 Å². The van der Waals surface area contributed by atoms with Gasteiger partial charge >= 0.3 is 0 Å². The van der Waals surface area contributed by atoms with Crippen LogP contribution in [0, 0.1) is 12.8 Å². The first-order valence-corrected chi connectivity index (χ1v) is 7.32. The second-order valence-corrected chi connectivity index (χ2v) is 5.93. The van der Waals surface area contributed by atoms with Gasteiger partial charge in [-0.2, -0.15) is 0 Å². The maximum Gasteiger partial charge on any atom is 0.261 e. The highest BCUT2D eigenvalue weighted by Crippen LogP contribution is 2.30. The van der Waals surface area contributed by atoms with E-state index in [2.05, 4.69) is 5.32 Å². The van der Waals surface area contributed by atoms with Gasteiger partial charge in [0.2, 0.25) is 0 Å². The number of hydrogen-bond donors (Lipinski definition) is 2. The van der Waals surface area contributed by atoms with Crippen molar-refractivity contribution in [3.05, 3.63) is 34.7 Å². The van der Waals surface area contributed by atoms with Crippen molar-refractivity contribution in [1.29, 1.82) is 0 Å². The number of carbonyl (C=O) groups is 1. The van der Waals surface area contributed by atoms with Crippen LogP contribution in [0.4, 0.5) is 0 Å².